The molecule has 31 heavy (non-hydrogen) atoms. The predicted molar refractivity (Wildman–Crippen MR) is 135 cm³/mol. The number of methoxy groups -OCH3 is 2. The van der Waals surface area contributed by atoms with Gasteiger partial charge in [0.15, 0.2) is 17.5 Å². The highest BCUT2D eigenvalue weighted by atomic mass is 127. The lowest BCUT2D eigenvalue weighted by Crippen LogP contribution is -2.45. The second-order valence-electron chi connectivity index (χ2n) is 6.99. The van der Waals surface area contributed by atoms with E-state index >= 15 is 0 Å². The lowest BCUT2D eigenvalue weighted by Gasteiger charge is -2.35. The molecule has 1 aliphatic heterocycles. The van der Waals surface area contributed by atoms with Crippen LogP contribution in [0.4, 0.5) is 0 Å². The van der Waals surface area contributed by atoms with Gasteiger partial charge in [-0.2, -0.15) is 0 Å². The van der Waals surface area contributed by atoms with Crippen molar-refractivity contribution in [2.75, 3.05) is 47.1 Å². The van der Waals surface area contributed by atoms with Crippen molar-refractivity contribution in [3.05, 3.63) is 58.6 Å². The molecular weight excluding hydrogens is 531 g/mol. The Morgan fingerprint density at radius 1 is 1.16 bits per heavy atom. The molecule has 2 aromatic rings. The van der Waals surface area contributed by atoms with Gasteiger partial charge in [0.2, 0.25) is 0 Å². The highest BCUT2D eigenvalue weighted by Gasteiger charge is 2.23. The van der Waals surface area contributed by atoms with Gasteiger partial charge in [0.1, 0.15) is 0 Å². The van der Waals surface area contributed by atoms with Gasteiger partial charge >= 0.3 is 0 Å². The quantitative estimate of drug-likeness (QED) is 0.293. The van der Waals surface area contributed by atoms with E-state index in [9.17, 15) is 0 Å². The van der Waals surface area contributed by atoms with Crippen molar-refractivity contribution in [2.24, 2.45) is 10.7 Å². The standard InChI is InChI=1S/C22H29ClN4O3.HI/c1-28-20-7-6-16(12-21(20)29-2)14-25-22(24)26-15-19(27-8-10-30-11-9-27)17-4-3-5-18(23)13-17;/h3-7,12-13,19H,8-11,14-15H2,1-2H3,(H3,24,25,26);1H. The lowest BCUT2D eigenvalue weighted by atomic mass is 10.0. The Hall–Kier alpha value is -1.75. The number of nitrogens with zero attached hydrogens (tertiary/aromatic N) is 2. The van der Waals surface area contributed by atoms with Gasteiger partial charge < -0.3 is 25.3 Å². The molecule has 9 heteroatoms. The summed E-state index contributed by atoms with van der Waals surface area (Å²) in [6.07, 6.45) is 0. The summed E-state index contributed by atoms with van der Waals surface area (Å²) >= 11 is 6.22. The van der Waals surface area contributed by atoms with E-state index in [0.29, 0.717) is 30.5 Å². The molecule has 0 radical (unpaired) electrons. The van der Waals surface area contributed by atoms with E-state index < -0.39 is 0 Å². The zero-order chi connectivity index (χ0) is 21.3. The number of nitrogens with two attached hydrogens (primary N) is 1. The highest BCUT2D eigenvalue weighted by Crippen LogP contribution is 2.28. The number of ether oxygens (including phenoxy) is 3. The molecule has 170 valence electrons. The summed E-state index contributed by atoms with van der Waals surface area (Å²) < 4.78 is 16.1. The maximum absolute atomic E-state index is 6.22. The van der Waals surface area contributed by atoms with Crippen LogP contribution in [0.25, 0.3) is 0 Å². The van der Waals surface area contributed by atoms with Crippen molar-refractivity contribution < 1.29 is 14.2 Å². The molecule has 1 saturated heterocycles. The van der Waals surface area contributed by atoms with Gasteiger partial charge in [0.05, 0.1) is 40.0 Å². The Bertz CT molecular complexity index is 862. The minimum Gasteiger partial charge on any atom is -0.493 e. The van der Waals surface area contributed by atoms with Crippen LogP contribution in [0.2, 0.25) is 5.02 Å². The van der Waals surface area contributed by atoms with Gasteiger partial charge in [-0.05, 0) is 35.4 Å². The van der Waals surface area contributed by atoms with Crippen LogP contribution in [0.15, 0.2) is 47.5 Å². The zero-order valence-electron chi connectivity index (χ0n) is 17.8. The number of hydrogen-bond acceptors (Lipinski definition) is 5. The molecule has 0 spiro atoms. The Morgan fingerprint density at radius 3 is 2.58 bits per heavy atom. The van der Waals surface area contributed by atoms with Gasteiger partial charge in [-0.3, -0.25) is 4.90 Å². The van der Waals surface area contributed by atoms with Crippen LogP contribution in [-0.4, -0.2) is 57.9 Å². The summed E-state index contributed by atoms with van der Waals surface area (Å²) in [5, 5.41) is 3.99. The van der Waals surface area contributed by atoms with E-state index in [1.807, 2.05) is 36.4 Å². The van der Waals surface area contributed by atoms with Crippen molar-refractivity contribution in [1.82, 2.24) is 10.2 Å². The minimum absolute atomic E-state index is 0. The smallest absolute Gasteiger partial charge is 0.188 e. The summed E-state index contributed by atoms with van der Waals surface area (Å²) in [5.41, 5.74) is 8.27. The number of benzene rings is 2. The Labute approximate surface area is 205 Å². The molecule has 3 N–H and O–H groups in total. The number of aliphatic imine (C=N–C) groups is 1. The van der Waals surface area contributed by atoms with Crippen molar-refractivity contribution >= 4 is 41.5 Å². The van der Waals surface area contributed by atoms with Crippen molar-refractivity contribution in [3.63, 3.8) is 0 Å². The third-order valence-electron chi connectivity index (χ3n) is 5.08. The molecule has 1 fully saturated rings. The molecule has 3 rings (SSSR count). The molecule has 7 nitrogen and oxygen atoms in total. The molecule has 0 aliphatic carbocycles. The fourth-order valence-corrected chi connectivity index (χ4v) is 3.67. The van der Waals surface area contributed by atoms with E-state index in [1.54, 1.807) is 14.2 Å². The average Bonchev–Trinajstić information content (AvgIpc) is 2.78. The molecule has 2 aromatic carbocycles. The fraction of sp³-hybridized carbons (Fsp3) is 0.409. The number of rotatable bonds is 8. The third kappa shape index (κ3) is 7.41. The van der Waals surface area contributed by atoms with E-state index in [0.717, 1.165) is 42.5 Å². The van der Waals surface area contributed by atoms with Gasteiger partial charge in [0, 0.05) is 24.7 Å². The van der Waals surface area contributed by atoms with Gasteiger partial charge in [-0.1, -0.05) is 29.8 Å². The molecule has 1 atom stereocenters. The molecule has 1 heterocycles. The first-order chi connectivity index (χ1) is 14.6. The van der Waals surface area contributed by atoms with Crippen LogP contribution >= 0.6 is 35.6 Å². The van der Waals surface area contributed by atoms with Gasteiger partial charge in [-0.15, -0.1) is 24.0 Å². The summed E-state index contributed by atoms with van der Waals surface area (Å²) in [6.45, 7) is 4.24. The van der Waals surface area contributed by atoms with E-state index in [-0.39, 0.29) is 30.0 Å². The summed E-state index contributed by atoms with van der Waals surface area (Å²) in [4.78, 5) is 6.85. The van der Waals surface area contributed by atoms with Crippen LogP contribution in [0.5, 0.6) is 11.5 Å². The molecule has 0 saturated carbocycles. The molecule has 1 unspecified atom stereocenters. The predicted octanol–water partition coefficient (Wildman–Crippen LogP) is 3.45. The van der Waals surface area contributed by atoms with E-state index in [1.165, 1.54) is 0 Å². The summed E-state index contributed by atoms with van der Waals surface area (Å²) in [7, 11) is 3.23. The van der Waals surface area contributed by atoms with Crippen LogP contribution in [0.1, 0.15) is 17.2 Å². The number of guanidine groups is 1. The monoisotopic (exact) mass is 560 g/mol. The first kappa shape index (κ1) is 25.5. The van der Waals surface area contributed by atoms with Crippen LogP contribution < -0.4 is 20.5 Å². The molecule has 0 bridgehead atoms. The maximum Gasteiger partial charge on any atom is 0.188 e. The Kier molecular flexibility index (Phi) is 10.7. The molecule has 0 aromatic heterocycles. The third-order valence-corrected chi connectivity index (χ3v) is 5.31. The molecule has 1 aliphatic rings. The Morgan fingerprint density at radius 2 is 1.90 bits per heavy atom. The summed E-state index contributed by atoms with van der Waals surface area (Å²) in [6, 6.07) is 13.8. The van der Waals surface area contributed by atoms with Crippen LogP contribution in [0.3, 0.4) is 0 Å². The van der Waals surface area contributed by atoms with Crippen LogP contribution in [-0.2, 0) is 11.3 Å². The molecular formula is C22H30ClIN4O3. The number of morpholine rings is 1. The first-order valence-corrected chi connectivity index (χ1v) is 10.3. The topological polar surface area (TPSA) is 81.3 Å². The largest absolute Gasteiger partial charge is 0.493 e. The normalized spacial score (nSPS) is 15.6. The van der Waals surface area contributed by atoms with Gasteiger partial charge in [0.25, 0.3) is 0 Å². The lowest BCUT2D eigenvalue weighted by molar-refractivity contribution is 0.0170. The summed E-state index contributed by atoms with van der Waals surface area (Å²) in [5.74, 6) is 1.75. The van der Waals surface area contributed by atoms with E-state index in [4.69, 9.17) is 31.5 Å². The van der Waals surface area contributed by atoms with Gasteiger partial charge in [-0.25, -0.2) is 4.99 Å². The van der Waals surface area contributed by atoms with Crippen LogP contribution in [0, 0.1) is 0 Å². The number of nitrogens with one attached hydrogen (secondary N) is 1. The number of halogens is 2. The highest BCUT2D eigenvalue weighted by molar-refractivity contribution is 14.0. The molecule has 0 amide bonds. The van der Waals surface area contributed by atoms with Crippen molar-refractivity contribution in [3.8, 4) is 11.5 Å². The first-order valence-electron chi connectivity index (χ1n) is 9.92. The second kappa shape index (κ2) is 12.9. The number of hydrogen-bond donors (Lipinski definition) is 2. The average molecular weight is 561 g/mol. The zero-order valence-corrected chi connectivity index (χ0v) is 20.9. The second-order valence-corrected chi connectivity index (χ2v) is 7.43. The van der Waals surface area contributed by atoms with Crippen molar-refractivity contribution in [1.29, 1.82) is 0 Å². The maximum atomic E-state index is 6.22. The fourth-order valence-electron chi connectivity index (χ4n) is 3.47. The van der Waals surface area contributed by atoms with E-state index in [2.05, 4.69) is 21.3 Å². The van der Waals surface area contributed by atoms with Crippen molar-refractivity contribution in [2.45, 2.75) is 12.6 Å². The minimum atomic E-state index is 0. The Balaban J connectivity index is 0.00000341. The SMILES string of the molecule is COc1ccc(CN=C(N)NCC(c2cccc(Cl)c2)N2CCOCC2)cc1OC.I.